The number of para-hydroxylation sites is 2. The fourth-order valence-electron chi connectivity index (χ4n) is 4.33. The highest BCUT2D eigenvalue weighted by Gasteiger charge is 2.70. The van der Waals surface area contributed by atoms with Gasteiger partial charge in [0, 0.05) is 23.0 Å². The van der Waals surface area contributed by atoms with Crippen LogP contribution in [0.3, 0.4) is 0 Å². The van der Waals surface area contributed by atoms with Crippen molar-refractivity contribution < 1.29 is 24.2 Å². The summed E-state index contributed by atoms with van der Waals surface area (Å²) < 4.78 is 11.6. The predicted molar refractivity (Wildman–Crippen MR) is 97.6 cm³/mol. The summed E-state index contributed by atoms with van der Waals surface area (Å²) in [6.45, 7) is 1.53. The van der Waals surface area contributed by atoms with Gasteiger partial charge in [-0.25, -0.2) is 0 Å². The van der Waals surface area contributed by atoms with Crippen molar-refractivity contribution in [3.05, 3.63) is 59.7 Å². The third-order valence-electron chi connectivity index (χ3n) is 5.76. The number of esters is 1. The second kappa shape index (κ2) is 6.39. The summed E-state index contributed by atoms with van der Waals surface area (Å²) in [7, 11) is 0. The van der Waals surface area contributed by atoms with Gasteiger partial charge in [0.15, 0.2) is 0 Å². The van der Waals surface area contributed by atoms with Crippen LogP contribution in [0.25, 0.3) is 0 Å². The number of rotatable bonds is 5. The number of aliphatic carboxylic acids is 1. The largest absolute Gasteiger partial charge is 0.481 e. The first kappa shape index (κ1) is 17.5. The molecule has 2 aromatic carbocycles. The molecule has 27 heavy (non-hydrogen) atoms. The Balaban J connectivity index is 1.76. The van der Waals surface area contributed by atoms with Crippen LogP contribution < -0.4 is 10.5 Å². The van der Waals surface area contributed by atoms with Crippen LogP contribution >= 0.6 is 0 Å². The van der Waals surface area contributed by atoms with Crippen molar-refractivity contribution in [2.24, 2.45) is 17.6 Å². The molecule has 0 amide bonds. The van der Waals surface area contributed by atoms with Gasteiger partial charge in [-0.2, -0.15) is 0 Å². The van der Waals surface area contributed by atoms with Gasteiger partial charge in [0.25, 0.3) is 0 Å². The molecule has 0 spiro atoms. The maximum atomic E-state index is 11.9. The van der Waals surface area contributed by atoms with E-state index in [9.17, 15) is 14.7 Å². The number of benzene rings is 2. The molecule has 1 saturated carbocycles. The third kappa shape index (κ3) is 2.77. The normalized spacial score (nSPS) is 25.7. The highest BCUT2D eigenvalue weighted by molar-refractivity contribution is 5.79. The Hall–Kier alpha value is -2.86. The first-order chi connectivity index (χ1) is 13.0. The van der Waals surface area contributed by atoms with Crippen molar-refractivity contribution in [2.75, 3.05) is 6.54 Å². The number of carbonyl (C=O) groups is 2. The van der Waals surface area contributed by atoms with Gasteiger partial charge in [0.2, 0.25) is 0 Å². The molecule has 3 unspecified atom stereocenters. The number of carboxylic acid groups (broad SMARTS) is 1. The maximum Gasteiger partial charge on any atom is 0.320 e. The van der Waals surface area contributed by atoms with E-state index in [1.54, 1.807) is 6.92 Å². The van der Waals surface area contributed by atoms with Crippen molar-refractivity contribution in [1.82, 2.24) is 0 Å². The second-order valence-corrected chi connectivity index (χ2v) is 7.17. The molecule has 2 aliphatic rings. The van der Waals surface area contributed by atoms with Gasteiger partial charge in [0.1, 0.15) is 23.0 Å². The van der Waals surface area contributed by atoms with Crippen molar-refractivity contribution >= 4 is 11.9 Å². The minimum Gasteiger partial charge on any atom is -0.481 e. The summed E-state index contributed by atoms with van der Waals surface area (Å²) in [6, 6.07) is 15.4. The zero-order valence-electron chi connectivity index (χ0n) is 14.9. The van der Waals surface area contributed by atoms with Gasteiger partial charge in [-0.05, 0) is 18.6 Å². The van der Waals surface area contributed by atoms with Crippen LogP contribution in [0.1, 0.15) is 30.4 Å². The molecule has 0 radical (unpaired) electrons. The number of ether oxygens (including phenoxy) is 2. The molecule has 3 atom stereocenters. The van der Waals surface area contributed by atoms with Gasteiger partial charge in [-0.1, -0.05) is 43.3 Å². The first-order valence-electron chi connectivity index (χ1n) is 8.98. The minimum atomic E-state index is -1.06. The van der Waals surface area contributed by atoms with E-state index in [1.165, 1.54) is 0 Å². The van der Waals surface area contributed by atoms with E-state index in [1.807, 2.05) is 48.5 Å². The summed E-state index contributed by atoms with van der Waals surface area (Å²) in [5.74, 6) is -1.23. The molecular weight excluding hydrogens is 346 g/mol. The number of hydrogen-bond donors (Lipinski definition) is 2. The number of nitrogens with two attached hydrogens (primary N) is 1. The van der Waals surface area contributed by atoms with Crippen LogP contribution in [-0.2, 0) is 14.3 Å². The fraction of sp³-hybridized carbons (Fsp3) is 0.333. The van der Waals surface area contributed by atoms with Crippen LogP contribution in [0.4, 0.5) is 0 Å². The lowest BCUT2D eigenvalue weighted by molar-refractivity contribution is -0.154. The van der Waals surface area contributed by atoms with E-state index in [0.717, 1.165) is 22.6 Å². The molecule has 140 valence electrons. The molecule has 6 nitrogen and oxygen atoms in total. The molecule has 1 fully saturated rings. The highest BCUT2D eigenvalue weighted by atomic mass is 16.6. The zero-order valence-corrected chi connectivity index (χ0v) is 14.9. The van der Waals surface area contributed by atoms with Gasteiger partial charge in [-0.15, -0.1) is 0 Å². The van der Waals surface area contributed by atoms with E-state index >= 15 is 0 Å². The lowest BCUT2D eigenvalue weighted by atomic mass is 9.82. The van der Waals surface area contributed by atoms with Crippen LogP contribution in [0, 0.1) is 11.8 Å². The minimum absolute atomic E-state index is 0.136. The number of fused-ring (bicyclic) bond motifs is 2. The van der Waals surface area contributed by atoms with Crippen LogP contribution in [0.15, 0.2) is 48.5 Å². The standard InChI is InChI=1S/C21H21NO5/c1-12-19(20(24)25)21(12,27-18(23)11-22)10-15-13-6-2-4-8-16(13)26-17-9-5-3-7-14(15)17/h2-9,12,15,19H,10-11,22H2,1H3,(H,24,25). The average Bonchev–Trinajstić information content (AvgIpc) is 3.24. The Labute approximate surface area is 156 Å². The van der Waals surface area contributed by atoms with Crippen LogP contribution in [0.5, 0.6) is 11.5 Å². The summed E-state index contributed by atoms with van der Waals surface area (Å²) >= 11 is 0. The summed E-state index contributed by atoms with van der Waals surface area (Å²) in [5, 5.41) is 9.62. The molecule has 2 aromatic rings. The van der Waals surface area contributed by atoms with E-state index in [-0.39, 0.29) is 18.4 Å². The van der Waals surface area contributed by atoms with Gasteiger partial charge < -0.3 is 20.3 Å². The van der Waals surface area contributed by atoms with E-state index in [4.69, 9.17) is 15.2 Å². The third-order valence-corrected chi connectivity index (χ3v) is 5.76. The Morgan fingerprint density at radius 2 is 1.67 bits per heavy atom. The molecule has 0 bridgehead atoms. The molecule has 0 aromatic heterocycles. The van der Waals surface area contributed by atoms with Gasteiger partial charge in [0.05, 0.1) is 6.54 Å². The van der Waals surface area contributed by atoms with Gasteiger partial charge >= 0.3 is 11.9 Å². The number of carbonyl (C=O) groups excluding carboxylic acids is 1. The SMILES string of the molecule is CC1C(C(=O)O)C1(CC1c2ccccc2Oc2ccccc21)OC(=O)CN. The zero-order chi connectivity index (χ0) is 19.2. The first-order valence-corrected chi connectivity index (χ1v) is 8.98. The molecular formula is C21H21NO5. The molecule has 1 heterocycles. The van der Waals surface area contributed by atoms with E-state index in [2.05, 4.69) is 0 Å². The van der Waals surface area contributed by atoms with Crippen LogP contribution in [-0.4, -0.2) is 29.2 Å². The van der Waals surface area contributed by atoms with Crippen molar-refractivity contribution in [3.63, 3.8) is 0 Å². The Bertz CT molecular complexity index is 865. The topological polar surface area (TPSA) is 98.9 Å². The summed E-state index contributed by atoms with van der Waals surface area (Å²) in [4.78, 5) is 23.7. The smallest absolute Gasteiger partial charge is 0.320 e. The van der Waals surface area contributed by atoms with Gasteiger partial charge in [-0.3, -0.25) is 9.59 Å². The highest BCUT2D eigenvalue weighted by Crippen LogP contribution is 2.60. The maximum absolute atomic E-state index is 11.9. The van der Waals surface area contributed by atoms with Crippen molar-refractivity contribution in [1.29, 1.82) is 0 Å². The predicted octanol–water partition coefficient (Wildman–Crippen LogP) is 2.91. The summed E-state index contributed by atoms with van der Waals surface area (Å²) in [6.07, 6.45) is 0.369. The molecule has 6 heteroatoms. The Morgan fingerprint density at radius 3 is 2.15 bits per heavy atom. The molecule has 3 N–H and O–H groups in total. The molecule has 1 aliphatic heterocycles. The molecule has 1 aliphatic carbocycles. The number of carboxylic acids is 1. The monoisotopic (exact) mass is 367 g/mol. The quantitative estimate of drug-likeness (QED) is 0.789. The van der Waals surface area contributed by atoms with Crippen LogP contribution in [0.2, 0.25) is 0 Å². The summed E-state index contributed by atoms with van der Waals surface area (Å²) in [5.41, 5.74) is 6.27. The molecule has 4 rings (SSSR count). The molecule has 0 saturated heterocycles. The van der Waals surface area contributed by atoms with Crippen molar-refractivity contribution in [2.45, 2.75) is 24.9 Å². The fourth-order valence-corrected chi connectivity index (χ4v) is 4.33. The lowest BCUT2D eigenvalue weighted by Gasteiger charge is -2.31. The van der Waals surface area contributed by atoms with E-state index in [0.29, 0.717) is 6.42 Å². The van der Waals surface area contributed by atoms with Crippen molar-refractivity contribution in [3.8, 4) is 11.5 Å². The van der Waals surface area contributed by atoms with E-state index < -0.39 is 23.5 Å². The average molecular weight is 367 g/mol. The Morgan fingerprint density at radius 1 is 1.11 bits per heavy atom. The Kier molecular flexibility index (Phi) is 4.15. The number of hydrogen-bond acceptors (Lipinski definition) is 5. The second-order valence-electron chi connectivity index (χ2n) is 7.17. The lowest BCUT2D eigenvalue weighted by Crippen LogP contribution is -2.32.